The summed E-state index contributed by atoms with van der Waals surface area (Å²) in [5.41, 5.74) is -1.22. The van der Waals surface area contributed by atoms with Crippen LogP contribution in [0.2, 0.25) is 10.0 Å². The molecule has 0 atom stereocenters. The van der Waals surface area contributed by atoms with Gasteiger partial charge in [-0.3, -0.25) is 9.59 Å². The highest BCUT2D eigenvalue weighted by Gasteiger charge is 2.34. The molecule has 6 nitrogen and oxygen atoms in total. The van der Waals surface area contributed by atoms with E-state index in [0.29, 0.717) is 49.9 Å². The molecule has 2 amide bonds. The van der Waals surface area contributed by atoms with Gasteiger partial charge in [-0.25, -0.2) is 0 Å². The number of carbonyl (C=O) groups excluding carboxylic acids is 2. The fourth-order valence-corrected chi connectivity index (χ4v) is 5.24. The van der Waals surface area contributed by atoms with E-state index in [-0.39, 0.29) is 22.5 Å². The lowest BCUT2D eigenvalue weighted by Gasteiger charge is -2.19. The fourth-order valence-electron chi connectivity index (χ4n) is 4.79. The Morgan fingerprint density at radius 3 is 1.41 bits per heavy atom. The average molecular weight is 692 g/mol. The van der Waals surface area contributed by atoms with Gasteiger partial charge in [0.1, 0.15) is 0 Å². The summed E-state index contributed by atoms with van der Waals surface area (Å²) in [6.07, 6.45) is -7.68. The third kappa shape index (κ3) is 10.3. The molecular weight excluding hydrogens is 657 g/mol. The van der Waals surface area contributed by atoms with E-state index in [4.69, 9.17) is 23.2 Å². The quantitative estimate of drug-likeness (QED) is 0.187. The van der Waals surface area contributed by atoms with E-state index in [0.717, 1.165) is 24.3 Å². The summed E-state index contributed by atoms with van der Waals surface area (Å²) in [6, 6.07) is 9.04. The molecule has 0 unspecified atom stereocenters. The Kier molecular flexibility index (Phi) is 12.5. The van der Waals surface area contributed by atoms with Gasteiger partial charge in [-0.05, 0) is 127 Å². The van der Waals surface area contributed by atoms with Gasteiger partial charge in [0.15, 0.2) is 0 Å². The van der Waals surface area contributed by atoms with Crippen LogP contribution in [0.1, 0.15) is 55.8 Å². The summed E-state index contributed by atoms with van der Waals surface area (Å²) in [4.78, 5) is 31.0. The molecule has 0 fully saturated rings. The maximum Gasteiger partial charge on any atom is 0.417 e. The molecule has 0 saturated carbocycles. The number of hydrogen-bond acceptors (Lipinski definition) is 4. The van der Waals surface area contributed by atoms with Crippen molar-refractivity contribution < 1.29 is 35.9 Å². The van der Waals surface area contributed by atoms with Crippen LogP contribution in [0.15, 0.2) is 48.5 Å². The monoisotopic (exact) mass is 690 g/mol. The van der Waals surface area contributed by atoms with Crippen molar-refractivity contribution in [2.45, 2.75) is 38.0 Å². The number of hydrogen-bond donors (Lipinski definition) is 2. The summed E-state index contributed by atoms with van der Waals surface area (Å²) in [6.45, 7) is 1.26. The normalized spacial score (nSPS) is 12.1. The van der Waals surface area contributed by atoms with E-state index >= 15 is 0 Å². The van der Waals surface area contributed by atoms with Crippen LogP contribution >= 0.6 is 23.2 Å². The van der Waals surface area contributed by atoms with Gasteiger partial charge in [0.25, 0.3) is 11.8 Å². The standard InChI is InChI=1S/C32H34Cl2F6N4O2/c1-43(2)13-5-7-19-15-21(29(45)41-22-9-11-26(33)24(17-22)31(35,36)37)16-20(8-6-14-44(3)4)28(19)30(46)42-23-10-12-27(34)25(18-23)32(38,39)40/h9-12,15-18H,5-8,13-14H2,1-4H3,(H,41,45)(H,42,46). The molecule has 0 aliphatic rings. The lowest BCUT2D eigenvalue weighted by molar-refractivity contribution is -0.138. The topological polar surface area (TPSA) is 64.7 Å². The van der Waals surface area contributed by atoms with Crippen molar-refractivity contribution in [1.82, 2.24) is 9.80 Å². The van der Waals surface area contributed by atoms with Crippen molar-refractivity contribution in [2.75, 3.05) is 51.9 Å². The van der Waals surface area contributed by atoms with E-state index in [1.807, 2.05) is 38.0 Å². The van der Waals surface area contributed by atoms with E-state index in [2.05, 4.69) is 10.6 Å². The molecule has 0 spiro atoms. The number of benzene rings is 3. The maximum atomic E-state index is 13.8. The fraction of sp³-hybridized carbons (Fsp3) is 0.375. The molecule has 0 radical (unpaired) electrons. The van der Waals surface area contributed by atoms with Crippen LogP contribution < -0.4 is 10.6 Å². The second-order valence-corrected chi connectivity index (χ2v) is 12.1. The smallest absolute Gasteiger partial charge is 0.322 e. The molecule has 46 heavy (non-hydrogen) atoms. The number of alkyl halides is 6. The molecule has 0 saturated heterocycles. The summed E-state index contributed by atoms with van der Waals surface area (Å²) < 4.78 is 80.7. The first-order valence-electron chi connectivity index (χ1n) is 14.2. The molecule has 2 N–H and O–H groups in total. The van der Waals surface area contributed by atoms with Crippen LogP contribution in [0.4, 0.5) is 37.7 Å². The predicted octanol–water partition coefficient (Wildman–Crippen LogP) is 8.52. The number of nitrogens with zero attached hydrogens (tertiary/aromatic N) is 2. The highest BCUT2D eigenvalue weighted by molar-refractivity contribution is 6.32. The second kappa shape index (κ2) is 15.5. The average Bonchev–Trinajstić information content (AvgIpc) is 2.93. The second-order valence-electron chi connectivity index (χ2n) is 11.3. The molecule has 0 aromatic heterocycles. The van der Waals surface area contributed by atoms with Gasteiger partial charge in [-0.1, -0.05) is 23.2 Å². The van der Waals surface area contributed by atoms with Gasteiger partial charge in [0.2, 0.25) is 0 Å². The Hall–Kier alpha value is -3.32. The van der Waals surface area contributed by atoms with Gasteiger partial charge in [0.05, 0.1) is 21.2 Å². The first-order chi connectivity index (χ1) is 21.4. The van der Waals surface area contributed by atoms with E-state index in [1.165, 1.54) is 24.3 Å². The lowest BCUT2D eigenvalue weighted by Crippen LogP contribution is -2.22. The molecular formula is C32H34Cl2F6N4O2. The Morgan fingerprint density at radius 2 is 1.04 bits per heavy atom. The Labute approximate surface area is 273 Å². The highest BCUT2D eigenvalue weighted by Crippen LogP contribution is 2.37. The third-order valence-electron chi connectivity index (χ3n) is 6.95. The van der Waals surface area contributed by atoms with Crippen molar-refractivity contribution in [3.8, 4) is 0 Å². The first kappa shape index (κ1) is 37.1. The number of halogens is 8. The van der Waals surface area contributed by atoms with Crippen molar-refractivity contribution in [1.29, 1.82) is 0 Å². The SMILES string of the molecule is CN(C)CCCc1cc(C(=O)Nc2ccc(Cl)c(C(F)(F)F)c2)cc(CCCN(C)C)c1C(=O)Nc1ccc(Cl)c(C(F)(F)F)c1. The third-order valence-corrected chi connectivity index (χ3v) is 7.61. The van der Waals surface area contributed by atoms with Gasteiger partial charge in [-0.15, -0.1) is 0 Å². The lowest BCUT2D eigenvalue weighted by atomic mass is 9.91. The van der Waals surface area contributed by atoms with Crippen LogP contribution in [0.3, 0.4) is 0 Å². The Bertz CT molecular complexity index is 1520. The van der Waals surface area contributed by atoms with Gasteiger partial charge >= 0.3 is 12.4 Å². The Balaban J connectivity index is 2.08. The summed E-state index contributed by atoms with van der Waals surface area (Å²) in [7, 11) is 7.46. The molecule has 3 aromatic carbocycles. The van der Waals surface area contributed by atoms with Crippen LogP contribution in [0.25, 0.3) is 0 Å². The van der Waals surface area contributed by atoms with Crippen molar-refractivity contribution in [3.63, 3.8) is 0 Å². The van der Waals surface area contributed by atoms with E-state index in [1.54, 1.807) is 0 Å². The van der Waals surface area contributed by atoms with Gasteiger partial charge in [-0.2, -0.15) is 26.3 Å². The molecule has 0 heterocycles. The number of rotatable bonds is 12. The maximum absolute atomic E-state index is 13.8. The van der Waals surface area contributed by atoms with E-state index < -0.39 is 45.3 Å². The predicted molar refractivity (Wildman–Crippen MR) is 169 cm³/mol. The molecule has 3 aromatic rings. The minimum Gasteiger partial charge on any atom is -0.322 e. The van der Waals surface area contributed by atoms with Crippen LogP contribution in [0.5, 0.6) is 0 Å². The first-order valence-corrected chi connectivity index (χ1v) is 14.9. The number of nitrogens with one attached hydrogen (secondary N) is 2. The summed E-state index contributed by atoms with van der Waals surface area (Å²) >= 11 is 11.5. The van der Waals surface area contributed by atoms with Crippen molar-refractivity contribution >= 4 is 46.4 Å². The van der Waals surface area contributed by atoms with Gasteiger partial charge < -0.3 is 20.4 Å². The van der Waals surface area contributed by atoms with Crippen molar-refractivity contribution in [3.05, 3.63) is 92.0 Å². The zero-order valence-electron chi connectivity index (χ0n) is 25.6. The number of amides is 2. The van der Waals surface area contributed by atoms with Crippen LogP contribution in [0, 0.1) is 0 Å². The molecule has 250 valence electrons. The minimum absolute atomic E-state index is 0.102. The van der Waals surface area contributed by atoms with Crippen LogP contribution in [-0.4, -0.2) is 62.9 Å². The van der Waals surface area contributed by atoms with Crippen LogP contribution in [-0.2, 0) is 25.2 Å². The zero-order chi connectivity index (χ0) is 34.4. The molecule has 3 rings (SSSR count). The van der Waals surface area contributed by atoms with Gasteiger partial charge in [0, 0.05) is 22.5 Å². The molecule has 0 aliphatic heterocycles. The molecule has 14 heteroatoms. The summed E-state index contributed by atoms with van der Waals surface area (Å²) in [5, 5.41) is 4.00. The number of aryl methyl sites for hydroxylation is 2. The zero-order valence-corrected chi connectivity index (χ0v) is 27.1. The van der Waals surface area contributed by atoms with Crippen molar-refractivity contribution in [2.24, 2.45) is 0 Å². The number of carbonyl (C=O) groups is 2. The summed E-state index contributed by atoms with van der Waals surface area (Å²) in [5.74, 6) is -1.38. The number of anilines is 2. The molecule has 0 aliphatic carbocycles. The highest BCUT2D eigenvalue weighted by atomic mass is 35.5. The molecule has 0 bridgehead atoms. The minimum atomic E-state index is -4.74. The largest absolute Gasteiger partial charge is 0.417 e. The van der Waals surface area contributed by atoms with E-state index in [9.17, 15) is 35.9 Å². The Morgan fingerprint density at radius 1 is 0.652 bits per heavy atom.